The van der Waals surface area contributed by atoms with E-state index in [4.69, 9.17) is 5.26 Å². The molecule has 0 saturated carbocycles. The van der Waals surface area contributed by atoms with Crippen molar-refractivity contribution in [2.45, 2.75) is 4.90 Å². The Morgan fingerprint density at radius 2 is 1.59 bits per heavy atom. The Balaban J connectivity index is 2.01. The van der Waals surface area contributed by atoms with Crippen LogP contribution in [0.3, 0.4) is 0 Å². The van der Waals surface area contributed by atoms with E-state index in [2.05, 4.69) is 10.9 Å². The summed E-state index contributed by atoms with van der Waals surface area (Å²) in [4.78, 5) is 24.7. The molecule has 0 heterocycles. The van der Waals surface area contributed by atoms with Crippen molar-refractivity contribution in [1.29, 1.82) is 5.26 Å². The molecule has 0 aliphatic carbocycles. The zero-order valence-corrected chi connectivity index (χ0v) is 12.4. The van der Waals surface area contributed by atoms with Gasteiger partial charge in [0.1, 0.15) is 0 Å². The average Bonchev–Trinajstić information content (AvgIpc) is 2.58. The highest BCUT2D eigenvalue weighted by Crippen LogP contribution is 2.21. The monoisotopic (exact) mass is 311 g/mol. The minimum Gasteiger partial charge on any atom is -0.267 e. The molecule has 22 heavy (non-hydrogen) atoms. The number of nitrogens with one attached hydrogen (secondary N) is 2. The van der Waals surface area contributed by atoms with E-state index in [0.717, 1.165) is 0 Å². The number of thioether (sulfide) groups is 1. The molecule has 2 aromatic rings. The number of benzene rings is 2. The van der Waals surface area contributed by atoms with E-state index < -0.39 is 11.8 Å². The second-order valence-corrected chi connectivity index (χ2v) is 5.23. The number of amides is 2. The van der Waals surface area contributed by atoms with Gasteiger partial charge in [0.05, 0.1) is 17.4 Å². The quantitative estimate of drug-likeness (QED) is 0.671. The van der Waals surface area contributed by atoms with E-state index in [1.807, 2.05) is 6.07 Å². The fraction of sp³-hybridized carbons (Fsp3) is 0.0625. The van der Waals surface area contributed by atoms with E-state index in [9.17, 15) is 9.59 Å². The first-order valence-electron chi connectivity index (χ1n) is 6.47. The van der Waals surface area contributed by atoms with Crippen molar-refractivity contribution in [3.8, 4) is 6.07 Å². The highest BCUT2D eigenvalue weighted by atomic mass is 32.2. The molecule has 0 saturated heterocycles. The normalized spacial score (nSPS) is 9.59. The fourth-order valence-corrected chi connectivity index (χ4v) is 2.44. The molecular weight excluding hydrogens is 298 g/mol. The number of nitrogens with zero attached hydrogens (tertiary/aromatic N) is 1. The van der Waals surface area contributed by atoms with Gasteiger partial charge in [-0.05, 0) is 24.3 Å². The predicted molar refractivity (Wildman–Crippen MR) is 84.2 cm³/mol. The number of hydrazine groups is 1. The van der Waals surface area contributed by atoms with Crippen molar-refractivity contribution in [2.75, 3.05) is 5.75 Å². The molecule has 2 amide bonds. The number of hydrogen-bond donors (Lipinski definition) is 2. The SMILES string of the molecule is N#CCSc1ccccc1C(=O)NNC(=O)c1ccccc1. The van der Waals surface area contributed by atoms with Crippen LogP contribution in [0.1, 0.15) is 20.7 Å². The third-order valence-electron chi connectivity index (χ3n) is 2.75. The highest BCUT2D eigenvalue weighted by Gasteiger charge is 2.12. The summed E-state index contributed by atoms with van der Waals surface area (Å²) in [6.45, 7) is 0. The molecule has 2 N–H and O–H groups in total. The van der Waals surface area contributed by atoms with Gasteiger partial charge in [0.15, 0.2) is 0 Å². The number of carbonyl (C=O) groups excluding carboxylic acids is 2. The van der Waals surface area contributed by atoms with Crippen LogP contribution in [-0.2, 0) is 0 Å². The summed E-state index contributed by atoms with van der Waals surface area (Å²) in [5.41, 5.74) is 5.61. The Morgan fingerprint density at radius 1 is 0.955 bits per heavy atom. The maximum Gasteiger partial charge on any atom is 0.270 e. The molecule has 0 fully saturated rings. The molecule has 0 aliphatic rings. The van der Waals surface area contributed by atoms with Crippen LogP contribution < -0.4 is 10.9 Å². The topological polar surface area (TPSA) is 82.0 Å². The second kappa shape index (κ2) is 7.86. The van der Waals surface area contributed by atoms with Gasteiger partial charge in [0.25, 0.3) is 11.8 Å². The summed E-state index contributed by atoms with van der Waals surface area (Å²) in [6, 6.07) is 17.5. The molecule has 5 nitrogen and oxygen atoms in total. The number of rotatable bonds is 4. The van der Waals surface area contributed by atoms with E-state index >= 15 is 0 Å². The molecule has 6 heteroatoms. The first-order chi connectivity index (χ1) is 10.7. The lowest BCUT2D eigenvalue weighted by molar-refractivity contribution is 0.0845. The zero-order valence-electron chi connectivity index (χ0n) is 11.6. The summed E-state index contributed by atoms with van der Waals surface area (Å²) in [5.74, 6) is -0.567. The molecule has 0 radical (unpaired) electrons. The smallest absolute Gasteiger partial charge is 0.267 e. The van der Waals surface area contributed by atoms with Gasteiger partial charge in [0.2, 0.25) is 0 Å². The Morgan fingerprint density at radius 3 is 2.32 bits per heavy atom. The largest absolute Gasteiger partial charge is 0.270 e. The van der Waals surface area contributed by atoms with Gasteiger partial charge in [-0.1, -0.05) is 30.3 Å². The van der Waals surface area contributed by atoms with Crippen LogP contribution in [0.2, 0.25) is 0 Å². The molecular formula is C16H13N3O2S. The van der Waals surface area contributed by atoms with Crippen LogP contribution in [-0.4, -0.2) is 17.6 Å². The summed E-state index contributed by atoms with van der Waals surface area (Å²) in [5, 5.41) is 8.63. The molecule has 0 aliphatic heterocycles. The minimum atomic E-state index is -0.426. The van der Waals surface area contributed by atoms with Gasteiger partial charge in [-0.25, -0.2) is 0 Å². The van der Waals surface area contributed by atoms with Crippen molar-refractivity contribution >= 4 is 23.6 Å². The summed E-state index contributed by atoms with van der Waals surface area (Å²) in [7, 11) is 0. The maximum atomic E-state index is 12.1. The molecule has 0 aromatic heterocycles. The highest BCUT2D eigenvalue weighted by molar-refractivity contribution is 7.99. The molecule has 2 aromatic carbocycles. The van der Waals surface area contributed by atoms with Crippen LogP contribution in [0.15, 0.2) is 59.5 Å². The van der Waals surface area contributed by atoms with Gasteiger partial charge < -0.3 is 0 Å². The van der Waals surface area contributed by atoms with E-state index in [0.29, 0.717) is 16.0 Å². The van der Waals surface area contributed by atoms with Crippen LogP contribution >= 0.6 is 11.8 Å². The Labute approximate surface area is 132 Å². The zero-order chi connectivity index (χ0) is 15.8. The third kappa shape index (κ3) is 4.11. The Kier molecular flexibility index (Phi) is 5.57. The average molecular weight is 311 g/mol. The van der Waals surface area contributed by atoms with Gasteiger partial charge in [-0.3, -0.25) is 20.4 Å². The van der Waals surface area contributed by atoms with Crippen molar-refractivity contribution in [2.24, 2.45) is 0 Å². The summed E-state index contributed by atoms with van der Waals surface area (Å²) >= 11 is 1.27. The van der Waals surface area contributed by atoms with Crippen LogP contribution in [0, 0.1) is 11.3 Å². The van der Waals surface area contributed by atoms with E-state index in [1.54, 1.807) is 54.6 Å². The molecule has 0 bridgehead atoms. The van der Waals surface area contributed by atoms with Crippen LogP contribution in [0.4, 0.5) is 0 Å². The molecule has 0 unspecified atom stereocenters. The van der Waals surface area contributed by atoms with Gasteiger partial charge in [0, 0.05) is 10.5 Å². The van der Waals surface area contributed by atoms with Crippen LogP contribution in [0.25, 0.3) is 0 Å². The van der Waals surface area contributed by atoms with E-state index in [-0.39, 0.29) is 5.75 Å². The fourth-order valence-electron chi connectivity index (χ4n) is 1.73. The third-order valence-corrected chi connectivity index (χ3v) is 3.69. The first-order valence-corrected chi connectivity index (χ1v) is 7.45. The van der Waals surface area contributed by atoms with Gasteiger partial charge in [-0.15, -0.1) is 11.8 Å². The standard InChI is InChI=1S/C16H13N3O2S/c17-10-11-22-14-9-5-4-8-13(14)16(21)19-18-15(20)12-6-2-1-3-7-12/h1-9H,11H2,(H,18,20)(H,19,21). The number of nitriles is 1. The van der Waals surface area contributed by atoms with Gasteiger partial charge >= 0.3 is 0 Å². The minimum absolute atomic E-state index is 0.251. The molecule has 110 valence electrons. The summed E-state index contributed by atoms with van der Waals surface area (Å²) in [6.07, 6.45) is 0. The van der Waals surface area contributed by atoms with Gasteiger partial charge in [-0.2, -0.15) is 5.26 Å². The van der Waals surface area contributed by atoms with Crippen molar-refractivity contribution < 1.29 is 9.59 Å². The maximum absolute atomic E-state index is 12.1. The number of hydrogen-bond acceptors (Lipinski definition) is 4. The Bertz CT molecular complexity index is 711. The lowest BCUT2D eigenvalue weighted by Crippen LogP contribution is -2.41. The molecule has 0 atom stereocenters. The first kappa shape index (κ1) is 15.6. The Hall–Kier alpha value is -2.78. The predicted octanol–water partition coefficient (Wildman–Crippen LogP) is 2.38. The number of carbonyl (C=O) groups is 2. The lowest BCUT2D eigenvalue weighted by atomic mass is 10.2. The molecule has 2 rings (SSSR count). The van der Waals surface area contributed by atoms with Crippen LogP contribution in [0.5, 0.6) is 0 Å². The molecule has 0 spiro atoms. The second-order valence-electron chi connectivity index (χ2n) is 4.22. The van der Waals surface area contributed by atoms with Crippen molar-refractivity contribution in [3.05, 3.63) is 65.7 Å². The lowest BCUT2D eigenvalue weighted by Gasteiger charge is -2.10. The van der Waals surface area contributed by atoms with Crippen molar-refractivity contribution in [3.63, 3.8) is 0 Å². The van der Waals surface area contributed by atoms with Crippen molar-refractivity contribution in [1.82, 2.24) is 10.9 Å². The van der Waals surface area contributed by atoms with E-state index in [1.165, 1.54) is 11.8 Å². The summed E-state index contributed by atoms with van der Waals surface area (Å²) < 4.78 is 0.